The highest BCUT2D eigenvalue weighted by Gasteiger charge is 2.37. The zero-order chi connectivity index (χ0) is 21.1. The quantitative estimate of drug-likeness (QED) is 0.567. The molecular formula is C19H24ClF3N2O2S. The van der Waals surface area contributed by atoms with Crippen molar-refractivity contribution in [3.8, 4) is 5.75 Å². The van der Waals surface area contributed by atoms with Gasteiger partial charge in [0.1, 0.15) is 5.75 Å². The molecule has 2 rings (SSSR count). The molecule has 1 amide bonds. The van der Waals surface area contributed by atoms with E-state index in [2.05, 4.69) is 37.4 Å². The molecule has 9 heteroatoms. The van der Waals surface area contributed by atoms with Crippen molar-refractivity contribution in [2.24, 2.45) is 10.4 Å². The van der Waals surface area contributed by atoms with Crippen LogP contribution in [0.1, 0.15) is 50.9 Å². The number of alkyl halides is 3. The van der Waals surface area contributed by atoms with Gasteiger partial charge in [0, 0.05) is 23.4 Å². The third-order valence-electron chi connectivity index (χ3n) is 4.25. The largest absolute Gasteiger partial charge is 0.573 e. The topological polar surface area (TPSA) is 41.9 Å². The summed E-state index contributed by atoms with van der Waals surface area (Å²) in [4.78, 5) is 18.9. The first-order valence-electron chi connectivity index (χ1n) is 9.00. The van der Waals surface area contributed by atoms with Crippen LogP contribution in [0.2, 0.25) is 5.02 Å². The van der Waals surface area contributed by atoms with Crippen LogP contribution in [0.5, 0.6) is 5.75 Å². The third-order valence-corrected chi connectivity index (χ3v) is 6.18. The summed E-state index contributed by atoms with van der Waals surface area (Å²) in [7, 11) is 0. The van der Waals surface area contributed by atoms with Gasteiger partial charge >= 0.3 is 6.36 Å². The Morgan fingerprint density at radius 3 is 2.61 bits per heavy atom. The van der Waals surface area contributed by atoms with Gasteiger partial charge in [-0.2, -0.15) is 4.99 Å². The minimum absolute atomic E-state index is 0.00391. The number of amidine groups is 1. The molecule has 0 aromatic heterocycles. The first kappa shape index (κ1) is 22.9. The minimum atomic E-state index is -4.91. The molecule has 28 heavy (non-hydrogen) atoms. The second-order valence-corrected chi connectivity index (χ2v) is 9.27. The summed E-state index contributed by atoms with van der Waals surface area (Å²) in [6, 6.07) is 3.41. The average Bonchev–Trinajstić information content (AvgIpc) is 2.96. The van der Waals surface area contributed by atoms with Gasteiger partial charge in [0.15, 0.2) is 5.17 Å². The van der Waals surface area contributed by atoms with Crippen molar-refractivity contribution in [1.29, 1.82) is 0 Å². The number of aliphatic imine (C=N–C) groups is 1. The highest BCUT2D eigenvalue weighted by molar-refractivity contribution is 8.14. The normalized spacial score (nSPS) is 19.4. The van der Waals surface area contributed by atoms with Crippen molar-refractivity contribution in [3.05, 3.63) is 28.8 Å². The molecule has 0 saturated carbocycles. The summed E-state index contributed by atoms with van der Waals surface area (Å²) >= 11 is 7.36. The van der Waals surface area contributed by atoms with Gasteiger partial charge in [-0.25, -0.2) is 0 Å². The van der Waals surface area contributed by atoms with E-state index in [1.165, 1.54) is 17.8 Å². The highest BCUT2D eigenvalue weighted by Crippen LogP contribution is 2.38. The van der Waals surface area contributed by atoms with Crippen molar-refractivity contribution >= 4 is 34.4 Å². The fourth-order valence-electron chi connectivity index (χ4n) is 2.63. The van der Waals surface area contributed by atoms with E-state index < -0.39 is 18.0 Å². The van der Waals surface area contributed by atoms with Gasteiger partial charge in [-0.3, -0.25) is 4.79 Å². The van der Waals surface area contributed by atoms with Gasteiger partial charge in [0.05, 0.1) is 5.56 Å². The maximum atomic E-state index is 12.7. The molecule has 1 heterocycles. The second kappa shape index (κ2) is 8.95. The number of hydrogen-bond donors (Lipinski definition) is 0. The van der Waals surface area contributed by atoms with Gasteiger partial charge in [-0.15, -0.1) is 13.2 Å². The number of carbonyl (C=O) groups excluding carboxylic acids is 1. The van der Waals surface area contributed by atoms with Gasteiger partial charge in [0.25, 0.3) is 5.91 Å². The van der Waals surface area contributed by atoms with Gasteiger partial charge in [0.2, 0.25) is 0 Å². The molecule has 1 atom stereocenters. The molecule has 1 aliphatic heterocycles. The predicted molar refractivity (Wildman–Crippen MR) is 107 cm³/mol. The summed E-state index contributed by atoms with van der Waals surface area (Å²) in [5, 5.41) is 0.880. The SMILES string of the molecule is CCCCN1CC(C(C)(C)C)S/C1=N\C(=O)c1cc(Cl)ccc1OC(F)(F)F. The van der Waals surface area contributed by atoms with E-state index >= 15 is 0 Å². The lowest BCUT2D eigenvalue weighted by Gasteiger charge is -2.25. The predicted octanol–water partition coefficient (Wildman–Crippen LogP) is 6.00. The Labute approximate surface area is 172 Å². The zero-order valence-electron chi connectivity index (χ0n) is 16.3. The smallest absolute Gasteiger partial charge is 0.405 e. The average molecular weight is 437 g/mol. The van der Waals surface area contributed by atoms with E-state index in [1.54, 1.807) is 0 Å². The van der Waals surface area contributed by atoms with Gasteiger partial charge < -0.3 is 9.64 Å². The number of nitrogens with zero attached hydrogens (tertiary/aromatic N) is 2. The molecular weight excluding hydrogens is 413 g/mol. The number of ether oxygens (including phenoxy) is 1. The third kappa shape index (κ3) is 6.30. The standard InChI is InChI=1S/C19H24ClF3N2O2S/c1-5-6-9-25-11-15(18(2,3)4)28-17(25)24-16(26)13-10-12(20)7-8-14(13)27-19(21,22)23/h7-8,10,15H,5-6,9,11H2,1-4H3/b24-17-. The molecule has 4 nitrogen and oxygen atoms in total. The van der Waals surface area contributed by atoms with Crippen molar-refractivity contribution in [2.75, 3.05) is 13.1 Å². The molecule has 0 radical (unpaired) electrons. The lowest BCUT2D eigenvalue weighted by molar-refractivity contribution is -0.274. The first-order chi connectivity index (χ1) is 12.9. The molecule has 1 aromatic carbocycles. The van der Waals surface area contributed by atoms with Crippen LogP contribution in [-0.2, 0) is 0 Å². The lowest BCUT2D eigenvalue weighted by Crippen LogP contribution is -2.31. The Balaban J connectivity index is 2.34. The minimum Gasteiger partial charge on any atom is -0.405 e. The van der Waals surface area contributed by atoms with Crippen molar-refractivity contribution < 1.29 is 22.7 Å². The number of thioether (sulfide) groups is 1. The fourth-order valence-corrected chi connectivity index (χ4v) is 4.12. The Morgan fingerprint density at radius 2 is 2.04 bits per heavy atom. The van der Waals surface area contributed by atoms with E-state index in [1.807, 2.05) is 4.90 Å². The van der Waals surface area contributed by atoms with Crippen LogP contribution in [0.4, 0.5) is 13.2 Å². The number of benzene rings is 1. The van der Waals surface area contributed by atoms with Crippen LogP contribution >= 0.6 is 23.4 Å². The molecule has 1 aliphatic rings. The number of unbranched alkanes of at least 4 members (excludes halogenated alkanes) is 1. The number of halogens is 4. The maximum absolute atomic E-state index is 12.7. The number of carbonyl (C=O) groups is 1. The zero-order valence-corrected chi connectivity index (χ0v) is 17.8. The van der Waals surface area contributed by atoms with Crippen LogP contribution in [0.25, 0.3) is 0 Å². The summed E-state index contributed by atoms with van der Waals surface area (Å²) < 4.78 is 41.9. The van der Waals surface area contributed by atoms with Crippen LogP contribution in [0.15, 0.2) is 23.2 Å². The number of amides is 1. The Hall–Kier alpha value is -1.41. The van der Waals surface area contributed by atoms with Gasteiger partial charge in [-0.05, 0) is 30.0 Å². The van der Waals surface area contributed by atoms with E-state index in [9.17, 15) is 18.0 Å². The first-order valence-corrected chi connectivity index (χ1v) is 10.3. The molecule has 156 valence electrons. The molecule has 0 N–H and O–H groups in total. The Kier molecular flexibility index (Phi) is 7.31. The monoisotopic (exact) mass is 436 g/mol. The van der Waals surface area contributed by atoms with E-state index in [-0.39, 0.29) is 21.3 Å². The molecule has 1 unspecified atom stereocenters. The molecule has 0 spiro atoms. The number of rotatable bonds is 5. The molecule has 1 saturated heterocycles. The highest BCUT2D eigenvalue weighted by atomic mass is 35.5. The molecule has 1 fully saturated rings. The van der Waals surface area contributed by atoms with Crippen LogP contribution in [0.3, 0.4) is 0 Å². The van der Waals surface area contributed by atoms with Crippen molar-refractivity contribution in [3.63, 3.8) is 0 Å². The summed E-state index contributed by atoms with van der Waals surface area (Å²) in [5.74, 6) is -1.41. The summed E-state index contributed by atoms with van der Waals surface area (Å²) in [6.45, 7) is 9.88. The van der Waals surface area contributed by atoms with E-state index in [0.717, 1.165) is 38.1 Å². The summed E-state index contributed by atoms with van der Waals surface area (Å²) in [5.41, 5.74) is -0.316. The van der Waals surface area contributed by atoms with Crippen LogP contribution in [0, 0.1) is 5.41 Å². The lowest BCUT2D eigenvalue weighted by atomic mass is 9.91. The second-order valence-electron chi connectivity index (χ2n) is 7.66. The van der Waals surface area contributed by atoms with Crippen molar-refractivity contribution in [1.82, 2.24) is 4.90 Å². The Bertz CT molecular complexity index is 748. The van der Waals surface area contributed by atoms with Crippen molar-refractivity contribution in [2.45, 2.75) is 52.1 Å². The van der Waals surface area contributed by atoms with Crippen LogP contribution in [-0.4, -0.2) is 40.7 Å². The molecule has 0 bridgehead atoms. The molecule has 1 aromatic rings. The van der Waals surface area contributed by atoms with E-state index in [4.69, 9.17) is 11.6 Å². The fraction of sp³-hybridized carbons (Fsp3) is 0.579. The summed E-state index contributed by atoms with van der Waals surface area (Å²) in [6.07, 6.45) is -2.99. The van der Waals surface area contributed by atoms with Crippen LogP contribution < -0.4 is 4.74 Å². The maximum Gasteiger partial charge on any atom is 0.573 e. The van der Waals surface area contributed by atoms with Gasteiger partial charge in [-0.1, -0.05) is 57.5 Å². The Morgan fingerprint density at radius 1 is 1.36 bits per heavy atom. The number of hydrogen-bond acceptors (Lipinski definition) is 3. The molecule has 0 aliphatic carbocycles. The van der Waals surface area contributed by atoms with E-state index in [0.29, 0.717) is 5.17 Å².